The van der Waals surface area contributed by atoms with E-state index in [4.69, 9.17) is 5.26 Å². The fourth-order valence-electron chi connectivity index (χ4n) is 2.15. The lowest BCUT2D eigenvalue weighted by Crippen LogP contribution is -1.85. The Balaban J connectivity index is 2.17. The minimum atomic E-state index is 0.440. The second kappa shape index (κ2) is 4.34. The number of pyridine rings is 1. The van der Waals surface area contributed by atoms with Crippen LogP contribution in [-0.4, -0.2) is 9.97 Å². The predicted molar refractivity (Wildman–Crippen MR) is 70.8 cm³/mol. The fraction of sp³-hybridized carbons (Fsp3) is 0.0667. The normalized spacial score (nSPS) is 10.4. The predicted octanol–water partition coefficient (Wildman–Crippen LogP) is 3.30. The van der Waals surface area contributed by atoms with Gasteiger partial charge in [-0.2, -0.15) is 5.26 Å². The van der Waals surface area contributed by atoms with E-state index in [1.54, 1.807) is 6.20 Å². The average molecular weight is 233 g/mol. The van der Waals surface area contributed by atoms with Crippen molar-refractivity contribution < 1.29 is 0 Å². The Morgan fingerprint density at radius 3 is 3.06 bits per heavy atom. The van der Waals surface area contributed by atoms with Crippen molar-refractivity contribution in [3.8, 4) is 17.2 Å². The Bertz CT molecular complexity index is 735. The second-order valence-corrected chi connectivity index (χ2v) is 4.13. The number of nitriles is 1. The third-order valence-electron chi connectivity index (χ3n) is 2.98. The molecule has 1 aromatic carbocycles. The molecule has 86 valence electrons. The molecule has 0 radical (unpaired) electrons. The molecular formula is C15H11N3. The Hall–Kier alpha value is -2.60. The van der Waals surface area contributed by atoms with Crippen molar-refractivity contribution in [2.24, 2.45) is 0 Å². The second-order valence-electron chi connectivity index (χ2n) is 4.13. The third-order valence-corrected chi connectivity index (χ3v) is 2.98. The van der Waals surface area contributed by atoms with Gasteiger partial charge in [0.25, 0.3) is 0 Å². The van der Waals surface area contributed by atoms with E-state index >= 15 is 0 Å². The summed E-state index contributed by atoms with van der Waals surface area (Å²) in [5, 5.41) is 9.86. The molecule has 0 amide bonds. The highest BCUT2D eigenvalue weighted by Gasteiger charge is 2.05. The summed E-state index contributed by atoms with van der Waals surface area (Å²) in [4.78, 5) is 7.38. The van der Waals surface area contributed by atoms with Crippen molar-refractivity contribution >= 4 is 11.0 Å². The summed E-state index contributed by atoms with van der Waals surface area (Å²) in [7, 11) is 0. The van der Waals surface area contributed by atoms with E-state index in [9.17, 15) is 0 Å². The van der Waals surface area contributed by atoms with Gasteiger partial charge in [0, 0.05) is 17.8 Å². The standard InChI is InChI=1S/C15H11N3/c16-7-4-11-2-1-3-12(10-11)13-5-8-17-15-14(13)6-9-18-15/h1-3,5-6,8-10H,4H2,(H,17,18). The number of rotatable bonds is 2. The van der Waals surface area contributed by atoms with E-state index in [0.717, 1.165) is 27.7 Å². The smallest absolute Gasteiger partial charge is 0.137 e. The Labute approximate surface area is 105 Å². The van der Waals surface area contributed by atoms with E-state index in [0.29, 0.717) is 6.42 Å². The van der Waals surface area contributed by atoms with Crippen LogP contribution < -0.4 is 0 Å². The molecule has 3 nitrogen and oxygen atoms in total. The minimum absolute atomic E-state index is 0.440. The number of nitrogens with one attached hydrogen (secondary N) is 1. The van der Waals surface area contributed by atoms with E-state index in [2.05, 4.69) is 28.2 Å². The zero-order valence-electron chi connectivity index (χ0n) is 9.72. The summed E-state index contributed by atoms with van der Waals surface area (Å²) in [5.41, 5.74) is 4.18. The molecular weight excluding hydrogens is 222 g/mol. The molecule has 0 unspecified atom stereocenters. The first-order valence-electron chi connectivity index (χ1n) is 5.77. The van der Waals surface area contributed by atoms with E-state index in [-0.39, 0.29) is 0 Å². The average Bonchev–Trinajstić information content (AvgIpc) is 2.87. The Kier molecular flexibility index (Phi) is 2.54. The maximum absolute atomic E-state index is 8.75. The van der Waals surface area contributed by atoms with Crippen molar-refractivity contribution in [2.75, 3.05) is 0 Å². The van der Waals surface area contributed by atoms with Crippen LogP contribution in [0.25, 0.3) is 22.2 Å². The van der Waals surface area contributed by atoms with Crippen LogP contribution in [0.15, 0.2) is 48.8 Å². The lowest BCUT2D eigenvalue weighted by atomic mass is 10.0. The van der Waals surface area contributed by atoms with Crippen molar-refractivity contribution in [1.29, 1.82) is 5.26 Å². The van der Waals surface area contributed by atoms with Crippen molar-refractivity contribution in [3.05, 3.63) is 54.4 Å². The summed E-state index contributed by atoms with van der Waals surface area (Å²) in [6.45, 7) is 0. The molecule has 2 heterocycles. The quantitative estimate of drug-likeness (QED) is 0.738. The number of benzene rings is 1. The summed E-state index contributed by atoms with van der Waals surface area (Å²) in [6, 6.07) is 14.3. The third kappa shape index (κ3) is 1.74. The van der Waals surface area contributed by atoms with Crippen LogP contribution in [0, 0.1) is 11.3 Å². The summed E-state index contributed by atoms with van der Waals surface area (Å²) in [6.07, 6.45) is 4.13. The topological polar surface area (TPSA) is 52.5 Å². The highest BCUT2D eigenvalue weighted by molar-refractivity contribution is 5.92. The minimum Gasteiger partial charge on any atom is -0.346 e. The molecule has 2 aromatic heterocycles. The lowest BCUT2D eigenvalue weighted by Gasteiger charge is -2.04. The molecule has 1 N–H and O–H groups in total. The van der Waals surface area contributed by atoms with Crippen LogP contribution in [-0.2, 0) is 6.42 Å². The number of aromatic amines is 1. The molecule has 0 saturated carbocycles. The van der Waals surface area contributed by atoms with Crippen LogP contribution in [0.3, 0.4) is 0 Å². The summed E-state index contributed by atoms with van der Waals surface area (Å²) >= 11 is 0. The van der Waals surface area contributed by atoms with Crippen LogP contribution in [0.1, 0.15) is 5.56 Å². The van der Waals surface area contributed by atoms with Gasteiger partial charge in [-0.05, 0) is 28.8 Å². The van der Waals surface area contributed by atoms with Crippen LogP contribution in [0.2, 0.25) is 0 Å². The van der Waals surface area contributed by atoms with Crippen molar-refractivity contribution in [1.82, 2.24) is 9.97 Å². The van der Waals surface area contributed by atoms with Gasteiger partial charge in [0.05, 0.1) is 12.5 Å². The first-order valence-corrected chi connectivity index (χ1v) is 5.77. The maximum Gasteiger partial charge on any atom is 0.137 e. The Morgan fingerprint density at radius 2 is 2.17 bits per heavy atom. The number of fused-ring (bicyclic) bond motifs is 1. The molecule has 0 spiro atoms. The molecule has 0 aliphatic heterocycles. The highest BCUT2D eigenvalue weighted by atomic mass is 14.8. The summed E-state index contributed by atoms with van der Waals surface area (Å²) in [5.74, 6) is 0. The van der Waals surface area contributed by atoms with Crippen LogP contribution in [0.5, 0.6) is 0 Å². The lowest BCUT2D eigenvalue weighted by molar-refractivity contribution is 1.26. The van der Waals surface area contributed by atoms with Gasteiger partial charge >= 0.3 is 0 Å². The van der Waals surface area contributed by atoms with Gasteiger partial charge in [0.2, 0.25) is 0 Å². The van der Waals surface area contributed by atoms with Crippen molar-refractivity contribution in [3.63, 3.8) is 0 Å². The van der Waals surface area contributed by atoms with Gasteiger partial charge in [0.1, 0.15) is 5.65 Å². The monoisotopic (exact) mass is 233 g/mol. The van der Waals surface area contributed by atoms with Crippen molar-refractivity contribution in [2.45, 2.75) is 6.42 Å². The fourth-order valence-corrected chi connectivity index (χ4v) is 2.15. The highest BCUT2D eigenvalue weighted by Crippen LogP contribution is 2.27. The number of hydrogen-bond acceptors (Lipinski definition) is 2. The number of nitrogens with zero attached hydrogens (tertiary/aromatic N) is 2. The van der Waals surface area contributed by atoms with Gasteiger partial charge in [-0.1, -0.05) is 24.3 Å². The largest absolute Gasteiger partial charge is 0.346 e. The van der Waals surface area contributed by atoms with Gasteiger partial charge in [-0.15, -0.1) is 0 Å². The molecule has 0 aliphatic rings. The molecule has 3 aromatic rings. The van der Waals surface area contributed by atoms with Gasteiger partial charge in [0.15, 0.2) is 0 Å². The number of aromatic nitrogens is 2. The van der Waals surface area contributed by atoms with Crippen LogP contribution in [0.4, 0.5) is 0 Å². The summed E-state index contributed by atoms with van der Waals surface area (Å²) < 4.78 is 0. The molecule has 0 atom stereocenters. The SMILES string of the molecule is N#CCc1cccc(-c2ccnc3[nH]ccc23)c1. The Morgan fingerprint density at radius 1 is 1.22 bits per heavy atom. The van der Waals surface area contributed by atoms with E-state index in [1.165, 1.54) is 0 Å². The molecule has 18 heavy (non-hydrogen) atoms. The molecule has 0 saturated heterocycles. The molecule has 0 fully saturated rings. The molecule has 0 bridgehead atoms. The van der Waals surface area contributed by atoms with Gasteiger partial charge in [-0.25, -0.2) is 4.98 Å². The first-order chi connectivity index (χ1) is 8.88. The van der Waals surface area contributed by atoms with E-state index in [1.807, 2.05) is 30.5 Å². The first kappa shape index (κ1) is 10.5. The molecule has 3 rings (SSSR count). The van der Waals surface area contributed by atoms with Crippen LogP contribution >= 0.6 is 0 Å². The molecule has 0 aliphatic carbocycles. The maximum atomic E-state index is 8.75. The number of H-pyrrole nitrogens is 1. The molecule has 3 heteroatoms. The van der Waals surface area contributed by atoms with Gasteiger partial charge in [-0.3, -0.25) is 0 Å². The zero-order valence-corrected chi connectivity index (χ0v) is 9.72. The van der Waals surface area contributed by atoms with Gasteiger partial charge < -0.3 is 4.98 Å². The van der Waals surface area contributed by atoms with E-state index < -0.39 is 0 Å². The number of hydrogen-bond donors (Lipinski definition) is 1. The zero-order chi connectivity index (χ0) is 12.4.